The van der Waals surface area contributed by atoms with Crippen LogP contribution in [0.2, 0.25) is 0 Å². The first-order chi connectivity index (χ1) is 16.9. The van der Waals surface area contributed by atoms with Crippen LogP contribution < -0.4 is 10.6 Å². The summed E-state index contributed by atoms with van der Waals surface area (Å²) in [7, 11) is 0. The molecule has 0 amide bonds. The topological polar surface area (TPSA) is 110 Å². The van der Waals surface area contributed by atoms with Crippen LogP contribution >= 0.6 is 0 Å². The van der Waals surface area contributed by atoms with Crippen molar-refractivity contribution in [3.05, 3.63) is 83.9 Å². The van der Waals surface area contributed by atoms with E-state index in [0.29, 0.717) is 24.2 Å². The molecule has 7 heteroatoms. The number of aryl methyl sites for hydroxylation is 1. The van der Waals surface area contributed by atoms with Gasteiger partial charge in [-0.15, -0.1) is 0 Å². The van der Waals surface area contributed by atoms with Gasteiger partial charge in [-0.05, 0) is 79.7 Å². The Bertz CT molecular complexity index is 1430. The average molecular weight is 470 g/mol. The molecule has 0 aliphatic rings. The summed E-state index contributed by atoms with van der Waals surface area (Å²) in [6.45, 7) is 3.69. The lowest BCUT2D eigenvalue weighted by atomic mass is 10.1. The standard InChI is InChI=1S/C28H27N3O4/c1-2-31-25-7-3-19(29-15-17-11-21(32)5-9-27(17)34)13-23(25)24-14-20(4-8-26(24)31)30-16-18-12-22(33)6-10-28(18)35/h3-14,29-30,32-35H,2,15-16H2,1H3. The number of aromatic hydroxyl groups is 4. The third kappa shape index (κ3) is 4.36. The maximum absolute atomic E-state index is 10.1. The molecule has 0 saturated heterocycles. The molecule has 0 bridgehead atoms. The maximum Gasteiger partial charge on any atom is 0.120 e. The molecule has 0 fully saturated rings. The number of phenols is 4. The van der Waals surface area contributed by atoms with Crippen LogP contribution in [-0.4, -0.2) is 25.0 Å². The van der Waals surface area contributed by atoms with Gasteiger partial charge < -0.3 is 35.6 Å². The van der Waals surface area contributed by atoms with Gasteiger partial charge in [0.05, 0.1) is 0 Å². The number of fused-ring (bicyclic) bond motifs is 3. The largest absolute Gasteiger partial charge is 0.508 e. The number of benzene rings is 4. The summed E-state index contributed by atoms with van der Waals surface area (Å²) in [6.07, 6.45) is 0. The first-order valence-corrected chi connectivity index (χ1v) is 11.5. The normalized spacial score (nSPS) is 11.2. The van der Waals surface area contributed by atoms with E-state index in [1.807, 2.05) is 12.1 Å². The monoisotopic (exact) mass is 469 g/mol. The summed E-state index contributed by atoms with van der Waals surface area (Å²) in [5.74, 6) is 0.486. The highest BCUT2D eigenvalue weighted by atomic mass is 16.3. The molecule has 0 unspecified atom stereocenters. The Morgan fingerprint density at radius 1 is 0.600 bits per heavy atom. The highest BCUT2D eigenvalue weighted by Crippen LogP contribution is 2.34. The van der Waals surface area contributed by atoms with Crippen molar-refractivity contribution in [2.45, 2.75) is 26.6 Å². The SMILES string of the molecule is CCn1c2ccc(NCc3cc(O)ccc3O)cc2c2cc(NCc3cc(O)ccc3O)ccc21. The second kappa shape index (κ2) is 9.02. The zero-order chi connectivity index (χ0) is 24.5. The van der Waals surface area contributed by atoms with Gasteiger partial charge in [-0.2, -0.15) is 0 Å². The Morgan fingerprint density at radius 2 is 1.06 bits per heavy atom. The lowest BCUT2D eigenvalue weighted by Crippen LogP contribution is -2.00. The second-order valence-electron chi connectivity index (χ2n) is 8.54. The van der Waals surface area contributed by atoms with Crippen LogP contribution in [0.25, 0.3) is 21.8 Å². The molecular formula is C28H27N3O4. The van der Waals surface area contributed by atoms with Crippen LogP contribution in [0.4, 0.5) is 11.4 Å². The van der Waals surface area contributed by atoms with Crippen molar-refractivity contribution in [1.29, 1.82) is 0 Å². The highest BCUT2D eigenvalue weighted by Gasteiger charge is 2.12. The Kier molecular flexibility index (Phi) is 5.74. The smallest absolute Gasteiger partial charge is 0.120 e. The van der Waals surface area contributed by atoms with Gasteiger partial charge in [-0.25, -0.2) is 0 Å². The van der Waals surface area contributed by atoms with Gasteiger partial charge in [0.25, 0.3) is 0 Å². The number of hydrogen-bond acceptors (Lipinski definition) is 6. The summed E-state index contributed by atoms with van der Waals surface area (Å²) >= 11 is 0. The molecular weight excluding hydrogens is 442 g/mol. The first kappa shape index (κ1) is 22.3. The number of hydrogen-bond donors (Lipinski definition) is 6. The highest BCUT2D eigenvalue weighted by molar-refractivity contribution is 6.10. The number of nitrogens with zero attached hydrogens (tertiary/aromatic N) is 1. The zero-order valence-corrected chi connectivity index (χ0v) is 19.3. The molecule has 4 aromatic carbocycles. The van der Waals surface area contributed by atoms with Gasteiger partial charge >= 0.3 is 0 Å². The van der Waals surface area contributed by atoms with Gasteiger partial charge in [-0.3, -0.25) is 0 Å². The minimum atomic E-state index is 0.111. The fraction of sp³-hybridized carbons (Fsp3) is 0.143. The maximum atomic E-state index is 10.1. The van der Waals surface area contributed by atoms with E-state index in [9.17, 15) is 20.4 Å². The van der Waals surface area contributed by atoms with Gasteiger partial charge in [0.1, 0.15) is 23.0 Å². The number of rotatable bonds is 7. The summed E-state index contributed by atoms with van der Waals surface area (Å²) in [5, 5.41) is 48.4. The fourth-order valence-corrected chi connectivity index (χ4v) is 4.49. The van der Waals surface area contributed by atoms with Crippen LogP contribution in [-0.2, 0) is 19.6 Å². The van der Waals surface area contributed by atoms with Crippen molar-refractivity contribution >= 4 is 33.2 Å². The molecule has 0 radical (unpaired) electrons. The molecule has 0 atom stereocenters. The molecule has 5 rings (SSSR count). The molecule has 1 aromatic heterocycles. The van der Waals surface area contributed by atoms with Crippen molar-refractivity contribution in [1.82, 2.24) is 4.57 Å². The Morgan fingerprint density at radius 3 is 1.49 bits per heavy atom. The number of anilines is 2. The van der Waals surface area contributed by atoms with Gasteiger partial charge in [0, 0.05) is 63.9 Å². The minimum Gasteiger partial charge on any atom is -0.508 e. The van der Waals surface area contributed by atoms with Crippen molar-refractivity contribution in [2.75, 3.05) is 10.6 Å². The molecule has 1 heterocycles. The minimum absolute atomic E-state index is 0.111. The van der Waals surface area contributed by atoms with Crippen LogP contribution in [0.15, 0.2) is 72.8 Å². The van der Waals surface area contributed by atoms with E-state index in [2.05, 4.69) is 46.4 Å². The van der Waals surface area contributed by atoms with Crippen LogP contribution in [0, 0.1) is 0 Å². The molecule has 6 N–H and O–H groups in total. The third-order valence-corrected chi connectivity index (χ3v) is 6.27. The van der Waals surface area contributed by atoms with E-state index in [4.69, 9.17) is 0 Å². The van der Waals surface area contributed by atoms with E-state index < -0.39 is 0 Å². The molecule has 7 nitrogen and oxygen atoms in total. The number of aromatic nitrogens is 1. The van der Waals surface area contributed by atoms with Crippen LogP contribution in [0.1, 0.15) is 18.1 Å². The zero-order valence-electron chi connectivity index (χ0n) is 19.3. The second-order valence-corrected chi connectivity index (χ2v) is 8.54. The van der Waals surface area contributed by atoms with Crippen molar-refractivity contribution in [2.24, 2.45) is 0 Å². The first-order valence-electron chi connectivity index (χ1n) is 11.5. The Balaban J connectivity index is 1.46. The van der Waals surface area contributed by atoms with E-state index in [0.717, 1.165) is 39.7 Å². The molecule has 0 aliphatic carbocycles. The Hall–Kier alpha value is -4.52. The number of nitrogens with one attached hydrogen (secondary N) is 2. The Labute approximate surface area is 202 Å². The van der Waals surface area contributed by atoms with Crippen molar-refractivity contribution in [3.63, 3.8) is 0 Å². The molecule has 5 aromatic rings. The molecule has 0 spiro atoms. The quantitative estimate of drug-likeness (QED) is 0.167. The third-order valence-electron chi connectivity index (χ3n) is 6.27. The predicted octanol–water partition coefficient (Wildman–Crippen LogP) is 5.86. The molecule has 178 valence electrons. The van der Waals surface area contributed by atoms with E-state index in [-0.39, 0.29) is 23.0 Å². The molecule has 35 heavy (non-hydrogen) atoms. The van der Waals surface area contributed by atoms with Crippen LogP contribution in [0.5, 0.6) is 23.0 Å². The summed E-state index contributed by atoms with van der Waals surface area (Å²) < 4.78 is 2.26. The van der Waals surface area contributed by atoms with Gasteiger partial charge in [0.15, 0.2) is 0 Å². The van der Waals surface area contributed by atoms with Crippen molar-refractivity contribution < 1.29 is 20.4 Å². The molecule has 0 saturated carbocycles. The van der Waals surface area contributed by atoms with E-state index in [1.165, 1.54) is 24.3 Å². The van der Waals surface area contributed by atoms with Crippen LogP contribution in [0.3, 0.4) is 0 Å². The van der Waals surface area contributed by atoms with E-state index >= 15 is 0 Å². The fourth-order valence-electron chi connectivity index (χ4n) is 4.49. The van der Waals surface area contributed by atoms with E-state index in [1.54, 1.807) is 12.1 Å². The number of phenolic OH excluding ortho intramolecular Hbond substituents is 4. The van der Waals surface area contributed by atoms with Gasteiger partial charge in [-0.1, -0.05) is 0 Å². The van der Waals surface area contributed by atoms with Crippen molar-refractivity contribution in [3.8, 4) is 23.0 Å². The predicted molar refractivity (Wildman–Crippen MR) is 139 cm³/mol. The lowest BCUT2D eigenvalue weighted by Gasteiger charge is -2.10. The molecule has 0 aliphatic heterocycles. The lowest BCUT2D eigenvalue weighted by molar-refractivity contribution is 0.455. The average Bonchev–Trinajstić information content (AvgIpc) is 3.17. The summed E-state index contributed by atoms with van der Waals surface area (Å²) in [5.41, 5.74) is 5.27. The van der Waals surface area contributed by atoms with Gasteiger partial charge in [0.2, 0.25) is 0 Å². The summed E-state index contributed by atoms with van der Waals surface area (Å²) in [4.78, 5) is 0. The summed E-state index contributed by atoms with van der Waals surface area (Å²) in [6, 6.07) is 21.3.